The molecule has 1 saturated heterocycles. The topological polar surface area (TPSA) is 91.5 Å². The molecule has 0 atom stereocenters. The Kier molecular flexibility index (Phi) is 6.62. The molecule has 188 valence electrons. The summed E-state index contributed by atoms with van der Waals surface area (Å²) < 4.78 is 72.2. The minimum Gasteiger partial charge on any atom is -0.487 e. The van der Waals surface area contributed by atoms with Crippen molar-refractivity contribution in [2.24, 2.45) is 0 Å². The van der Waals surface area contributed by atoms with Crippen LogP contribution in [-0.4, -0.2) is 49.1 Å². The van der Waals surface area contributed by atoms with E-state index in [1.54, 1.807) is 6.92 Å². The summed E-state index contributed by atoms with van der Waals surface area (Å²) in [5.41, 5.74) is -0.0957. The molecular formula is C22H20Cl2F3N3O4S. The van der Waals surface area contributed by atoms with E-state index in [0.717, 1.165) is 4.90 Å². The number of rotatable bonds is 5. The van der Waals surface area contributed by atoms with Crippen molar-refractivity contribution in [3.63, 3.8) is 0 Å². The van der Waals surface area contributed by atoms with Crippen LogP contribution < -0.4 is 9.46 Å². The molecule has 1 aliphatic heterocycles. The first-order valence-electron chi connectivity index (χ1n) is 10.4. The Labute approximate surface area is 209 Å². The number of amides is 1. The second-order valence-corrected chi connectivity index (χ2v) is 10.9. The van der Waals surface area contributed by atoms with E-state index in [-0.39, 0.29) is 36.5 Å². The number of sulfonamides is 1. The van der Waals surface area contributed by atoms with Crippen LogP contribution in [0, 0.1) is 0 Å². The Hall–Kier alpha value is -2.63. The van der Waals surface area contributed by atoms with E-state index in [9.17, 15) is 26.4 Å². The maximum atomic E-state index is 12.9. The Balaban J connectivity index is 1.45. The third-order valence-corrected chi connectivity index (χ3v) is 7.82. The van der Waals surface area contributed by atoms with Crippen LogP contribution in [0.4, 0.5) is 18.9 Å². The molecule has 13 heteroatoms. The van der Waals surface area contributed by atoms with Crippen molar-refractivity contribution in [3.8, 4) is 5.75 Å². The molecule has 35 heavy (non-hydrogen) atoms. The van der Waals surface area contributed by atoms with Crippen LogP contribution >= 0.6 is 23.2 Å². The Morgan fingerprint density at radius 1 is 1.09 bits per heavy atom. The van der Waals surface area contributed by atoms with Crippen LogP contribution in [0.15, 0.2) is 47.5 Å². The first-order valence-corrected chi connectivity index (χ1v) is 12.7. The van der Waals surface area contributed by atoms with Crippen LogP contribution in [0.3, 0.4) is 0 Å². The van der Waals surface area contributed by atoms with E-state index < -0.39 is 27.7 Å². The van der Waals surface area contributed by atoms with Crippen molar-refractivity contribution in [2.75, 3.05) is 17.8 Å². The first kappa shape index (κ1) is 25.5. The van der Waals surface area contributed by atoms with Gasteiger partial charge >= 0.3 is 12.1 Å². The number of alkyl halides is 3. The summed E-state index contributed by atoms with van der Waals surface area (Å²) in [5.74, 6) is -1.51. The molecule has 3 aromatic rings. The van der Waals surface area contributed by atoms with E-state index in [1.165, 1.54) is 42.6 Å². The third kappa shape index (κ3) is 5.31. The number of halogens is 5. The van der Waals surface area contributed by atoms with Gasteiger partial charge in [0.05, 0.1) is 26.1 Å². The van der Waals surface area contributed by atoms with Crippen molar-refractivity contribution in [2.45, 2.75) is 36.4 Å². The number of H-pyrrole nitrogens is 1. The van der Waals surface area contributed by atoms with E-state index in [1.807, 2.05) is 0 Å². The lowest BCUT2D eigenvalue weighted by atomic mass is 9.93. The van der Waals surface area contributed by atoms with Crippen molar-refractivity contribution in [3.05, 3.63) is 52.6 Å². The monoisotopic (exact) mass is 549 g/mol. The highest BCUT2D eigenvalue weighted by Gasteiger charge is 2.45. The fourth-order valence-electron chi connectivity index (χ4n) is 3.89. The van der Waals surface area contributed by atoms with Gasteiger partial charge in [0.15, 0.2) is 0 Å². The Morgan fingerprint density at radius 3 is 2.31 bits per heavy atom. The van der Waals surface area contributed by atoms with E-state index in [2.05, 4.69) is 9.71 Å². The molecule has 1 fully saturated rings. The molecule has 0 radical (unpaired) electrons. The maximum absolute atomic E-state index is 12.9. The van der Waals surface area contributed by atoms with E-state index >= 15 is 0 Å². The van der Waals surface area contributed by atoms with Crippen molar-refractivity contribution < 1.29 is 31.1 Å². The predicted molar refractivity (Wildman–Crippen MR) is 126 cm³/mol. The van der Waals surface area contributed by atoms with Crippen molar-refractivity contribution in [1.82, 2.24) is 9.88 Å². The maximum Gasteiger partial charge on any atom is 0.471 e. The summed E-state index contributed by atoms with van der Waals surface area (Å²) >= 11 is 12.3. The van der Waals surface area contributed by atoms with Gasteiger partial charge in [0.1, 0.15) is 11.4 Å². The second-order valence-electron chi connectivity index (χ2n) is 8.40. The molecule has 0 aliphatic carbocycles. The normalized spacial score (nSPS) is 16.3. The predicted octanol–water partition coefficient (Wildman–Crippen LogP) is 5.60. The number of carbonyl (C=O) groups excluding carboxylic acids is 1. The molecule has 0 unspecified atom stereocenters. The SMILES string of the molecule is CC1(Oc2ccc(S(=O)(=O)Nc3ccc(Cl)c4c(Cl)c[nH]c34)cc2)CCN(C(=O)C(F)(F)F)CC1. The zero-order chi connectivity index (χ0) is 25.6. The zero-order valence-electron chi connectivity index (χ0n) is 18.2. The van der Waals surface area contributed by atoms with E-state index in [0.29, 0.717) is 26.7 Å². The lowest BCUT2D eigenvalue weighted by molar-refractivity contribution is -0.188. The lowest BCUT2D eigenvalue weighted by Gasteiger charge is -2.39. The number of carbonyl (C=O) groups is 1. The highest BCUT2D eigenvalue weighted by atomic mass is 35.5. The number of benzene rings is 2. The second kappa shape index (κ2) is 9.11. The number of likely N-dealkylation sites (tertiary alicyclic amines) is 1. The average Bonchev–Trinajstić information content (AvgIpc) is 3.18. The quantitative estimate of drug-likeness (QED) is 0.433. The first-order chi connectivity index (χ1) is 16.3. The molecule has 0 bridgehead atoms. The number of anilines is 1. The molecule has 0 saturated carbocycles. The third-order valence-electron chi connectivity index (χ3n) is 5.83. The summed E-state index contributed by atoms with van der Waals surface area (Å²) in [6.45, 7) is 1.55. The largest absolute Gasteiger partial charge is 0.487 e. The Bertz CT molecular complexity index is 1370. The summed E-state index contributed by atoms with van der Waals surface area (Å²) in [6.07, 6.45) is -3.01. The number of aromatic nitrogens is 1. The average molecular weight is 550 g/mol. The minimum absolute atomic E-state index is 0.0265. The number of piperidine rings is 1. The summed E-state index contributed by atoms with van der Waals surface area (Å²) in [5, 5.41) is 1.22. The van der Waals surface area contributed by atoms with Gasteiger partial charge in [0, 0.05) is 37.5 Å². The van der Waals surface area contributed by atoms with Gasteiger partial charge in [-0.25, -0.2) is 8.42 Å². The van der Waals surface area contributed by atoms with Crippen LogP contribution in [-0.2, 0) is 14.8 Å². The standard InChI is InChI=1S/C22H20Cl2F3N3O4S/c1-21(8-10-30(11-9-21)20(31)22(25,26)27)34-13-2-4-14(5-3-13)35(32,33)29-17-7-6-15(23)18-16(24)12-28-19(17)18/h2-7,12,28-29H,8-11H2,1H3. The summed E-state index contributed by atoms with van der Waals surface area (Å²) in [6, 6.07) is 8.71. The number of hydrogen-bond acceptors (Lipinski definition) is 4. The Morgan fingerprint density at radius 2 is 1.71 bits per heavy atom. The van der Waals surface area contributed by atoms with Crippen molar-refractivity contribution >= 4 is 55.7 Å². The van der Waals surface area contributed by atoms with Crippen LogP contribution in [0.2, 0.25) is 10.0 Å². The number of fused-ring (bicyclic) bond motifs is 1. The smallest absolute Gasteiger partial charge is 0.471 e. The van der Waals surface area contributed by atoms with Gasteiger partial charge < -0.3 is 14.6 Å². The number of nitrogens with zero attached hydrogens (tertiary/aromatic N) is 1. The number of hydrogen-bond donors (Lipinski definition) is 2. The zero-order valence-corrected chi connectivity index (χ0v) is 20.6. The summed E-state index contributed by atoms with van der Waals surface area (Å²) in [7, 11) is -3.97. The molecule has 0 spiro atoms. The van der Waals surface area contributed by atoms with Crippen LogP contribution in [0.5, 0.6) is 5.75 Å². The van der Waals surface area contributed by atoms with Gasteiger partial charge in [-0.05, 0) is 43.3 Å². The molecule has 1 aliphatic rings. The summed E-state index contributed by atoms with van der Waals surface area (Å²) in [4.78, 5) is 15.1. The fourth-order valence-corrected chi connectivity index (χ4v) is 5.52. The molecule has 2 aromatic carbocycles. The molecular weight excluding hydrogens is 530 g/mol. The van der Waals surface area contributed by atoms with Crippen molar-refractivity contribution in [1.29, 1.82) is 0 Å². The fraction of sp³-hybridized carbons (Fsp3) is 0.318. The van der Waals surface area contributed by atoms with Gasteiger partial charge in [-0.3, -0.25) is 9.52 Å². The lowest BCUT2D eigenvalue weighted by Crippen LogP contribution is -2.51. The number of aromatic amines is 1. The van der Waals surface area contributed by atoms with E-state index in [4.69, 9.17) is 27.9 Å². The highest BCUT2D eigenvalue weighted by molar-refractivity contribution is 7.92. The van der Waals surface area contributed by atoms with Gasteiger partial charge in [-0.2, -0.15) is 13.2 Å². The number of nitrogens with one attached hydrogen (secondary N) is 2. The van der Waals surface area contributed by atoms with Gasteiger partial charge in [-0.1, -0.05) is 23.2 Å². The van der Waals surface area contributed by atoms with Crippen LogP contribution in [0.25, 0.3) is 10.9 Å². The van der Waals surface area contributed by atoms with Gasteiger partial charge in [0.2, 0.25) is 0 Å². The molecule has 7 nitrogen and oxygen atoms in total. The molecule has 1 amide bonds. The molecule has 1 aromatic heterocycles. The van der Waals surface area contributed by atoms with Gasteiger partial charge in [-0.15, -0.1) is 0 Å². The number of ether oxygens (including phenoxy) is 1. The molecule has 4 rings (SSSR count). The minimum atomic E-state index is -4.91. The molecule has 2 heterocycles. The highest BCUT2D eigenvalue weighted by Crippen LogP contribution is 2.36. The molecule has 2 N–H and O–H groups in total. The van der Waals surface area contributed by atoms with Crippen LogP contribution in [0.1, 0.15) is 19.8 Å². The van der Waals surface area contributed by atoms with Gasteiger partial charge in [0.25, 0.3) is 10.0 Å².